The summed E-state index contributed by atoms with van der Waals surface area (Å²) < 4.78 is 5.89. The Morgan fingerprint density at radius 2 is 2.33 bits per heavy atom. The van der Waals surface area contributed by atoms with Gasteiger partial charge in [-0.1, -0.05) is 6.92 Å². The van der Waals surface area contributed by atoms with E-state index in [1.165, 1.54) is 0 Å². The predicted octanol–water partition coefficient (Wildman–Crippen LogP) is 2.48. The summed E-state index contributed by atoms with van der Waals surface area (Å²) >= 11 is 4.77. The molecule has 2 rings (SSSR count). The number of benzene rings is 1. The second-order valence-electron chi connectivity index (χ2n) is 4.71. The number of carbonyl (C=O) groups excluding carboxylic acids is 1. The van der Waals surface area contributed by atoms with Gasteiger partial charge in [-0.3, -0.25) is 4.79 Å². The first-order chi connectivity index (χ1) is 8.43. The van der Waals surface area contributed by atoms with Gasteiger partial charge in [0.25, 0.3) is 0 Å². The van der Waals surface area contributed by atoms with Gasteiger partial charge >= 0.3 is 0 Å². The van der Waals surface area contributed by atoms with Crippen LogP contribution in [0, 0.1) is 0 Å². The molecule has 1 heterocycles. The molecule has 5 heteroatoms. The van der Waals surface area contributed by atoms with Gasteiger partial charge in [0.1, 0.15) is 11.4 Å². The largest absolute Gasteiger partial charge is 0.486 e. The van der Waals surface area contributed by atoms with E-state index in [1.54, 1.807) is 18.2 Å². The second-order valence-corrected chi connectivity index (χ2v) is 5.15. The number of nitrogens with two attached hydrogens (primary N) is 1. The van der Waals surface area contributed by atoms with Gasteiger partial charge in [-0.05, 0) is 43.8 Å². The highest BCUT2D eigenvalue weighted by Gasteiger charge is 2.35. The number of thiocarbonyl (C=S) groups is 1. The van der Waals surface area contributed by atoms with Crippen molar-refractivity contribution in [3.8, 4) is 5.75 Å². The Morgan fingerprint density at radius 1 is 1.61 bits per heavy atom. The van der Waals surface area contributed by atoms with Crippen LogP contribution in [0.25, 0.3) is 0 Å². The SMILES string of the molecule is CCC1(C)CC(=O)c2cc(NC(N)=S)ccc2O1. The molecule has 0 aromatic heterocycles. The molecule has 1 aliphatic rings. The Balaban J connectivity index is 2.35. The number of nitrogens with one attached hydrogen (secondary N) is 1. The van der Waals surface area contributed by atoms with Crippen molar-refractivity contribution in [1.29, 1.82) is 0 Å². The van der Waals surface area contributed by atoms with E-state index >= 15 is 0 Å². The lowest BCUT2D eigenvalue weighted by atomic mass is 9.89. The Bertz CT molecular complexity index is 516. The molecule has 4 nitrogen and oxygen atoms in total. The van der Waals surface area contributed by atoms with Crippen LogP contribution in [0.1, 0.15) is 37.0 Å². The number of hydrogen-bond donors (Lipinski definition) is 2. The number of hydrogen-bond acceptors (Lipinski definition) is 3. The van der Waals surface area contributed by atoms with Crippen molar-refractivity contribution in [2.24, 2.45) is 5.73 Å². The van der Waals surface area contributed by atoms with Gasteiger partial charge in [0.15, 0.2) is 10.9 Å². The molecule has 1 aromatic rings. The van der Waals surface area contributed by atoms with Gasteiger partial charge < -0.3 is 15.8 Å². The van der Waals surface area contributed by atoms with E-state index in [4.69, 9.17) is 22.7 Å². The van der Waals surface area contributed by atoms with Crippen molar-refractivity contribution in [2.75, 3.05) is 5.32 Å². The van der Waals surface area contributed by atoms with Gasteiger partial charge in [0, 0.05) is 5.69 Å². The third kappa shape index (κ3) is 2.46. The monoisotopic (exact) mass is 264 g/mol. The molecular formula is C13H16N2O2S. The first-order valence-corrected chi connectivity index (χ1v) is 6.27. The van der Waals surface area contributed by atoms with Gasteiger partial charge in [-0.15, -0.1) is 0 Å². The lowest BCUT2D eigenvalue weighted by Crippen LogP contribution is -2.38. The number of ether oxygens (including phenoxy) is 1. The first-order valence-electron chi connectivity index (χ1n) is 5.86. The van der Waals surface area contributed by atoms with E-state index < -0.39 is 5.60 Å². The maximum atomic E-state index is 12.1. The lowest BCUT2D eigenvalue weighted by molar-refractivity contribution is 0.0499. The van der Waals surface area contributed by atoms with Crippen LogP contribution in [0.3, 0.4) is 0 Å². The van der Waals surface area contributed by atoms with Gasteiger partial charge in [-0.25, -0.2) is 0 Å². The maximum Gasteiger partial charge on any atom is 0.170 e. The fraction of sp³-hybridized carbons (Fsp3) is 0.385. The number of Topliss-reactive ketones (excluding diaryl/α,β-unsaturated/α-hetero) is 1. The molecule has 0 fully saturated rings. The van der Waals surface area contributed by atoms with Crippen LogP contribution in [-0.2, 0) is 0 Å². The van der Waals surface area contributed by atoms with E-state index in [0.29, 0.717) is 23.4 Å². The van der Waals surface area contributed by atoms with Gasteiger partial charge in [0.05, 0.1) is 12.0 Å². The third-order valence-electron chi connectivity index (χ3n) is 3.19. The molecule has 0 radical (unpaired) electrons. The fourth-order valence-corrected chi connectivity index (χ4v) is 2.11. The van der Waals surface area contributed by atoms with Crippen molar-refractivity contribution >= 4 is 28.8 Å². The quantitative estimate of drug-likeness (QED) is 0.803. The minimum atomic E-state index is -0.401. The van der Waals surface area contributed by atoms with Crippen molar-refractivity contribution in [2.45, 2.75) is 32.3 Å². The van der Waals surface area contributed by atoms with Crippen molar-refractivity contribution < 1.29 is 9.53 Å². The highest BCUT2D eigenvalue weighted by Crippen LogP contribution is 2.36. The van der Waals surface area contributed by atoms with Crippen molar-refractivity contribution in [3.63, 3.8) is 0 Å². The van der Waals surface area contributed by atoms with Crippen LogP contribution < -0.4 is 15.8 Å². The van der Waals surface area contributed by atoms with E-state index in [-0.39, 0.29) is 10.9 Å². The van der Waals surface area contributed by atoms with Crippen LogP contribution >= 0.6 is 12.2 Å². The predicted molar refractivity (Wildman–Crippen MR) is 75.1 cm³/mol. The van der Waals surface area contributed by atoms with Gasteiger partial charge in [-0.2, -0.15) is 0 Å². The molecule has 1 atom stereocenters. The molecule has 0 bridgehead atoms. The summed E-state index contributed by atoms with van der Waals surface area (Å²) in [5, 5.41) is 2.99. The molecule has 1 unspecified atom stereocenters. The number of ketones is 1. The summed E-state index contributed by atoms with van der Waals surface area (Å²) in [6.07, 6.45) is 1.19. The van der Waals surface area contributed by atoms with Crippen molar-refractivity contribution in [1.82, 2.24) is 0 Å². The lowest BCUT2D eigenvalue weighted by Gasteiger charge is -2.34. The zero-order valence-corrected chi connectivity index (χ0v) is 11.3. The average Bonchev–Trinajstić information content (AvgIpc) is 2.29. The van der Waals surface area contributed by atoms with E-state index in [9.17, 15) is 4.79 Å². The van der Waals surface area contributed by atoms with E-state index in [2.05, 4.69) is 5.32 Å². The number of rotatable bonds is 2. The van der Waals surface area contributed by atoms with Gasteiger partial charge in [0.2, 0.25) is 0 Å². The van der Waals surface area contributed by atoms with Crippen LogP contribution in [0.2, 0.25) is 0 Å². The second kappa shape index (κ2) is 4.57. The molecule has 0 aliphatic carbocycles. The summed E-state index contributed by atoms with van der Waals surface area (Å²) in [4.78, 5) is 12.1. The van der Waals surface area contributed by atoms with E-state index in [0.717, 1.165) is 6.42 Å². The summed E-state index contributed by atoms with van der Waals surface area (Å²) in [6, 6.07) is 5.31. The number of carbonyl (C=O) groups is 1. The molecule has 0 spiro atoms. The zero-order chi connectivity index (χ0) is 13.3. The van der Waals surface area contributed by atoms with E-state index in [1.807, 2.05) is 13.8 Å². The smallest absolute Gasteiger partial charge is 0.170 e. The molecule has 0 saturated heterocycles. The molecule has 18 heavy (non-hydrogen) atoms. The molecular weight excluding hydrogens is 248 g/mol. The summed E-state index contributed by atoms with van der Waals surface area (Å²) in [6.45, 7) is 3.97. The molecule has 96 valence electrons. The Labute approximate surface area is 112 Å². The zero-order valence-electron chi connectivity index (χ0n) is 10.4. The highest BCUT2D eigenvalue weighted by molar-refractivity contribution is 7.80. The minimum absolute atomic E-state index is 0.0900. The Hall–Kier alpha value is -1.62. The standard InChI is InChI=1S/C13H16N2O2S/c1-3-13(2)7-10(16)9-6-8(15-12(14)18)4-5-11(9)17-13/h4-6H,3,7H2,1-2H3,(H3,14,15,18). The van der Waals surface area contributed by atoms with Crippen LogP contribution in [0.5, 0.6) is 5.75 Å². The number of anilines is 1. The Morgan fingerprint density at radius 3 is 2.94 bits per heavy atom. The third-order valence-corrected chi connectivity index (χ3v) is 3.29. The topological polar surface area (TPSA) is 64.4 Å². The fourth-order valence-electron chi connectivity index (χ4n) is 1.99. The summed E-state index contributed by atoms with van der Waals surface area (Å²) in [5.74, 6) is 0.719. The van der Waals surface area contributed by atoms with Crippen LogP contribution in [0.15, 0.2) is 18.2 Å². The normalized spacial score (nSPS) is 22.0. The maximum absolute atomic E-state index is 12.1. The average molecular weight is 264 g/mol. The molecule has 1 aromatic carbocycles. The van der Waals surface area contributed by atoms with Crippen LogP contribution in [0.4, 0.5) is 5.69 Å². The number of fused-ring (bicyclic) bond motifs is 1. The van der Waals surface area contributed by atoms with Crippen molar-refractivity contribution in [3.05, 3.63) is 23.8 Å². The minimum Gasteiger partial charge on any atom is -0.486 e. The molecule has 1 aliphatic heterocycles. The molecule has 0 saturated carbocycles. The Kier molecular flexibility index (Phi) is 3.26. The summed E-state index contributed by atoms with van der Waals surface area (Å²) in [5.41, 5.74) is 6.30. The highest BCUT2D eigenvalue weighted by atomic mass is 32.1. The molecule has 3 N–H and O–H groups in total. The summed E-state index contributed by atoms with van der Waals surface area (Å²) in [7, 11) is 0. The molecule has 0 amide bonds. The van der Waals surface area contributed by atoms with Crippen LogP contribution in [-0.4, -0.2) is 16.5 Å². The first kappa shape index (κ1) is 12.8.